The zero-order valence-corrected chi connectivity index (χ0v) is 19.7. The second-order valence-corrected chi connectivity index (χ2v) is 10.5. The Morgan fingerprint density at radius 1 is 0.636 bits per heavy atom. The van der Waals surface area contributed by atoms with Gasteiger partial charge in [-0.05, 0) is 36.6 Å². The van der Waals surface area contributed by atoms with E-state index in [1.165, 1.54) is 0 Å². The number of rotatable bonds is 9. The van der Waals surface area contributed by atoms with Crippen molar-refractivity contribution in [1.29, 1.82) is 0 Å². The molecule has 0 aromatic heterocycles. The summed E-state index contributed by atoms with van der Waals surface area (Å²) in [7, 11) is 0. The lowest BCUT2D eigenvalue weighted by molar-refractivity contribution is -0.144. The van der Waals surface area contributed by atoms with Crippen LogP contribution in [-0.2, 0) is 23.9 Å². The number of ether oxygens (including phenoxy) is 2. The van der Waals surface area contributed by atoms with E-state index in [9.17, 15) is 14.4 Å². The Labute approximate surface area is 194 Å². The van der Waals surface area contributed by atoms with Crippen molar-refractivity contribution >= 4 is 45.8 Å². The van der Waals surface area contributed by atoms with E-state index >= 15 is 0 Å². The molecule has 0 aliphatic carbocycles. The molecule has 3 aromatic rings. The van der Waals surface area contributed by atoms with Crippen LogP contribution in [0.2, 0.25) is 0 Å². The highest BCUT2D eigenvalue weighted by molar-refractivity contribution is 7.97. The van der Waals surface area contributed by atoms with Gasteiger partial charge >= 0.3 is 11.9 Å². The van der Waals surface area contributed by atoms with Crippen LogP contribution in [0.1, 0.15) is 20.3 Å². The number of benzene rings is 3. The molecule has 0 spiro atoms. The molecule has 170 valence electrons. The van der Waals surface area contributed by atoms with E-state index in [0.717, 1.165) is 15.9 Å². The molecule has 0 radical (unpaired) electrons. The van der Waals surface area contributed by atoms with Gasteiger partial charge in [-0.15, -0.1) is 0 Å². The molecule has 5 nitrogen and oxygen atoms in total. The summed E-state index contributed by atoms with van der Waals surface area (Å²) in [6.45, 7) is 0.626. The largest absolute Gasteiger partial charge is 0.466 e. The van der Waals surface area contributed by atoms with E-state index in [2.05, 4.69) is 0 Å². The van der Waals surface area contributed by atoms with Crippen LogP contribution >= 0.6 is 6.89 Å². The van der Waals surface area contributed by atoms with Gasteiger partial charge in [0.05, 0.1) is 13.2 Å². The molecule has 6 heteroatoms. The maximum absolute atomic E-state index is 13.7. The van der Waals surface area contributed by atoms with Crippen LogP contribution < -0.4 is 15.9 Å². The topological polar surface area (TPSA) is 69.7 Å². The minimum atomic E-state index is -3.00. The number of carbonyl (C=O) groups excluding carboxylic acids is 3. The van der Waals surface area contributed by atoms with Crippen LogP contribution in [0.4, 0.5) is 0 Å². The SMILES string of the molecule is CCOC(=O)CC(=O)C(C(=O)OCC)=P(c1ccccc1)(c1ccccc1)c1ccccc1. The molecule has 0 aliphatic rings. The molecule has 0 amide bonds. The third-order valence-electron chi connectivity index (χ3n) is 5.11. The van der Waals surface area contributed by atoms with Crippen molar-refractivity contribution in [1.82, 2.24) is 0 Å². The third-order valence-corrected chi connectivity index (χ3v) is 9.43. The quantitative estimate of drug-likeness (QED) is 0.277. The van der Waals surface area contributed by atoms with Gasteiger partial charge in [-0.3, -0.25) is 9.59 Å². The smallest absolute Gasteiger partial charge is 0.342 e. The fourth-order valence-electron chi connectivity index (χ4n) is 3.85. The maximum Gasteiger partial charge on any atom is 0.342 e. The molecular formula is C27H27O5P. The predicted octanol–water partition coefficient (Wildman–Crippen LogP) is 3.24. The number of esters is 2. The number of hydrogen-bond acceptors (Lipinski definition) is 5. The molecule has 0 saturated carbocycles. The van der Waals surface area contributed by atoms with Gasteiger partial charge in [0.25, 0.3) is 0 Å². The van der Waals surface area contributed by atoms with Crippen molar-refractivity contribution in [2.45, 2.75) is 20.3 Å². The van der Waals surface area contributed by atoms with Gasteiger partial charge in [0.2, 0.25) is 0 Å². The lowest BCUT2D eigenvalue weighted by atomic mass is 10.2. The van der Waals surface area contributed by atoms with E-state index in [1.807, 2.05) is 91.0 Å². The standard InChI is InChI=1S/C27H27O5P/c1-3-31-25(29)20-24(28)26(27(30)32-4-2)33(21-14-8-5-9-15-21,22-16-10-6-11-17-22)23-18-12-7-13-19-23/h5-19H,3-4,20H2,1-2H3. The Hall–Kier alpha value is -3.43. The first kappa shape index (κ1) is 24.2. The maximum atomic E-state index is 13.7. The molecule has 33 heavy (non-hydrogen) atoms. The van der Waals surface area contributed by atoms with Crippen LogP contribution in [0.25, 0.3) is 0 Å². The summed E-state index contributed by atoms with van der Waals surface area (Å²) in [5.74, 6) is -1.97. The summed E-state index contributed by atoms with van der Waals surface area (Å²) in [4.78, 5) is 39.5. The Morgan fingerprint density at radius 2 is 1.03 bits per heavy atom. The highest BCUT2D eigenvalue weighted by Crippen LogP contribution is 2.46. The lowest BCUT2D eigenvalue weighted by Crippen LogP contribution is -2.39. The minimum Gasteiger partial charge on any atom is -0.466 e. The molecule has 0 N–H and O–H groups in total. The van der Waals surface area contributed by atoms with Crippen molar-refractivity contribution in [2.24, 2.45) is 0 Å². The van der Waals surface area contributed by atoms with Crippen molar-refractivity contribution in [3.05, 3.63) is 91.0 Å². The Balaban J connectivity index is 2.52. The highest BCUT2D eigenvalue weighted by atomic mass is 31.2. The number of Topliss-reactive ketones (excluding diaryl/α,β-unsaturated/α-hetero) is 1. The Kier molecular flexibility index (Phi) is 8.39. The normalized spacial score (nSPS) is 10.8. The van der Waals surface area contributed by atoms with E-state index in [4.69, 9.17) is 9.47 Å². The highest BCUT2D eigenvalue weighted by Gasteiger charge is 2.38. The summed E-state index contributed by atoms with van der Waals surface area (Å²) in [5, 5.41) is 2.45. The van der Waals surface area contributed by atoms with Crippen LogP contribution in [0.5, 0.6) is 0 Å². The second-order valence-electron chi connectivity index (χ2n) is 7.15. The lowest BCUT2D eigenvalue weighted by Gasteiger charge is -2.31. The van der Waals surface area contributed by atoms with Crippen molar-refractivity contribution < 1.29 is 23.9 Å². The first-order valence-corrected chi connectivity index (χ1v) is 12.6. The van der Waals surface area contributed by atoms with Gasteiger partial charge in [0.15, 0.2) is 5.78 Å². The molecule has 0 atom stereocenters. The molecule has 0 fully saturated rings. The van der Waals surface area contributed by atoms with Crippen molar-refractivity contribution in [3.63, 3.8) is 0 Å². The monoisotopic (exact) mass is 462 g/mol. The summed E-state index contributed by atoms with van der Waals surface area (Å²) in [5.41, 5.74) is 0. The summed E-state index contributed by atoms with van der Waals surface area (Å²) in [6.07, 6.45) is -0.532. The number of ketones is 1. The van der Waals surface area contributed by atoms with E-state index in [1.54, 1.807) is 13.8 Å². The van der Waals surface area contributed by atoms with Crippen LogP contribution in [0.15, 0.2) is 91.0 Å². The number of carbonyl (C=O) groups is 3. The molecule has 3 rings (SSSR count). The average molecular weight is 462 g/mol. The van der Waals surface area contributed by atoms with Gasteiger partial charge in [-0.25, -0.2) is 4.79 Å². The van der Waals surface area contributed by atoms with Gasteiger partial charge in [0.1, 0.15) is 11.7 Å². The predicted molar refractivity (Wildman–Crippen MR) is 133 cm³/mol. The average Bonchev–Trinajstić information content (AvgIpc) is 2.84. The Morgan fingerprint density at radius 3 is 1.39 bits per heavy atom. The van der Waals surface area contributed by atoms with E-state index < -0.39 is 31.0 Å². The third kappa shape index (κ3) is 5.15. The fraction of sp³-hybridized carbons (Fsp3) is 0.185. The molecule has 0 heterocycles. The zero-order chi connectivity index (χ0) is 23.7. The van der Waals surface area contributed by atoms with Gasteiger partial charge in [-0.1, -0.05) is 91.0 Å². The van der Waals surface area contributed by atoms with Crippen LogP contribution in [0.3, 0.4) is 0 Å². The van der Waals surface area contributed by atoms with Crippen LogP contribution in [-0.4, -0.2) is 36.2 Å². The second kappa shape index (κ2) is 11.4. The van der Waals surface area contributed by atoms with Crippen molar-refractivity contribution in [3.8, 4) is 0 Å². The van der Waals surface area contributed by atoms with Crippen LogP contribution in [0, 0.1) is 0 Å². The summed E-state index contributed by atoms with van der Waals surface area (Å²) < 4.78 is 10.4. The van der Waals surface area contributed by atoms with E-state index in [-0.39, 0.29) is 18.5 Å². The Bertz CT molecular complexity index is 1050. The molecule has 0 bridgehead atoms. The fourth-order valence-corrected chi connectivity index (χ4v) is 8.17. The molecule has 3 aromatic carbocycles. The summed E-state index contributed by atoms with van der Waals surface area (Å²) in [6, 6.07) is 28.5. The first-order chi connectivity index (χ1) is 16.1. The van der Waals surface area contributed by atoms with Gasteiger partial charge < -0.3 is 9.47 Å². The zero-order valence-electron chi connectivity index (χ0n) is 18.8. The van der Waals surface area contributed by atoms with E-state index in [0.29, 0.717) is 0 Å². The number of hydrogen-bond donors (Lipinski definition) is 0. The molecule has 0 unspecified atom stereocenters. The molecule has 0 aliphatic heterocycles. The van der Waals surface area contributed by atoms with Crippen molar-refractivity contribution in [2.75, 3.05) is 13.2 Å². The van der Waals surface area contributed by atoms with Gasteiger partial charge in [-0.2, -0.15) is 0 Å². The molecular weight excluding hydrogens is 435 g/mol. The minimum absolute atomic E-state index is 0.0130. The molecule has 0 saturated heterocycles. The summed E-state index contributed by atoms with van der Waals surface area (Å²) >= 11 is 0. The first-order valence-electron chi connectivity index (χ1n) is 10.8. The van der Waals surface area contributed by atoms with Gasteiger partial charge in [0, 0.05) is 0 Å².